The van der Waals surface area contributed by atoms with Gasteiger partial charge < -0.3 is 11.1 Å². The maximum absolute atomic E-state index is 5.86. The van der Waals surface area contributed by atoms with Crippen molar-refractivity contribution in [3.63, 3.8) is 0 Å². The molecule has 2 aromatic rings. The van der Waals surface area contributed by atoms with E-state index in [9.17, 15) is 0 Å². The summed E-state index contributed by atoms with van der Waals surface area (Å²) in [5.41, 5.74) is 7.71. The SMILES string of the molecule is Nc1ccccc1Nc1cc(Cl)nnc1Cl. The summed E-state index contributed by atoms with van der Waals surface area (Å²) >= 11 is 11.6. The molecule has 0 fully saturated rings. The normalized spacial score (nSPS) is 10.1. The molecule has 4 nitrogen and oxygen atoms in total. The second-order valence-corrected chi connectivity index (χ2v) is 3.83. The van der Waals surface area contributed by atoms with E-state index < -0.39 is 0 Å². The molecule has 0 saturated carbocycles. The van der Waals surface area contributed by atoms with E-state index in [-0.39, 0.29) is 10.3 Å². The van der Waals surface area contributed by atoms with Crippen LogP contribution < -0.4 is 11.1 Å². The number of anilines is 3. The van der Waals surface area contributed by atoms with Crippen molar-refractivity contribution in [1.29, 1.82) is 0 Å². The number of aromatic nitrogens is 2. The molecule has 0 unspecified atom stereocenters. The van der Waals surface area contributed by atoms with Crippen LogP contribution in [0.5, 0.6) is 0 Å². The van der Waals surface area contributed by atoms with Crippen LogP contribution in [0.2, 0.25) is 10.3 Å². The summed E-state index contributed by atoms with van der Waals surface area (Å²) in [6.45, 7) is 0. The lowest BCUT2D eigenvalue weighted by Crippen LogP contribution is -1.98. The van der Waals surface area contributed by atoms with Gasteiger partial charge in [0.1, 0.15) is 0 Å². The van der Waals surface area contributed by atoms with Crippen molar-refractivity contribution in [2.75, 3.05) is 11.1 Å². The zero-order valence-corrected chi connectivity index (χ0v) is 9.63. The van der Waals surface area contributed by atoms with Crippen LogP contribution in [0.25, 0.3) is 0 Å². The zero-order valence-electron chi connectivity index (χ0n) is 8.11. The lowest BCUT2D eigenvalue weighted by atomic mass is 10.2. The third-order valence-electron chi connectivity index (χ3n) is 1.95. The van der Waals surface area contributed by atoms with Crippen LogP contribution in [-0.4, -0.2) is 10.2 Å². The van der Waals surface area contributed by atoms with Crippen molar-refractivity contribution in [3.8, 4) is 0 Å². The minimum atomic E-state index is 0.243. The number of rotatable bonds is 2. The fourth-order valence-electron chi connectivity index (χ4n) is 1.20. The van der Waals surface area contributed by atoms with Crippen LogP contribution in [0.1, 0.15) is 0 Å². The zero-order chi connectivity index (χ0) is 11.5. The van der Waals surface area contributed by atoms with Gasteiger partial charge in [0.25, 0.3) is 0 Å². The van der Waals surface area contributed by atoms with Crippen molar-refractivity contribution in [1.82, 2.24) is 10.2 Å². The molecule has 0 aliphatic rings. The number of halogens is 2. The van der Waals surface area contributed by atoms with E-state index in [4.69, 9.17) is 28.9 Å². The van der Waals surface area contributed by atoms with Gasteiger partial charge in [0.2, 0.25) is 0 Å². The summed E-state index contributed by atoms with van der Waals surface area (Å²) in [6.07, 6.45) is 0. The largest absolute Gasteiger partial charge is 0.397 e. The van der Waals surface area contributed by atoms with Crippen molar-refractivity contribution in [2.45, 2.75) is 0 Å². The molecule has 82 valence electrons. The van der Waals surface area contributed by atoms with Gasteiger partial charge in [-0.3, -0.25) is 0 Å². The Morgan fingerprint density at radius 3 is 2.56 bits per heavy atom. The third-order valence-corrected chi connectivity index (χ3v) is 2.41. The number of nitrogens with one attached hydrogen (secondary N) is 1. The minimum absolute atomic E-state index is 0.243. The first-order valence-corrected chi connectivity index (χ1v) is 5.22. The van der Waals surface area contributed by atoms with E-state index in [0.29, 0.717) is 11.4 Å². The molecule has 3 N–H and O–H groups in total. The minimum Gasteiger partial charge on any atom is -0.397 e. The number of nitrogen functional groups attached to an aromatic ring is 1. The Labute approximate surface area is 102 Å². The van der Waals surface area contributed by atoms with Crippen molar-refractivity contribution in [2.24, 2.45) is 0 Å². The summed E-state index contributed by atoms with van der Waals surface area (Å²) < 4.78 is 0. The molecular weight excluding hydrogens is 247 g/mol. The van der Waals surface area contributed by atoms with Crippen LogP contribution in [0.4, 0.5) is 17.1 Å². The topological polar surface area (TPSA) is 63.8 Å². The summed E-state index contributed by atoms with van der Waals surface area (Å²) in [5.74, 6) is 0. The molecule has 6 heteroatoms. The molecule has 0 spiro atoms. The third kappa shape index (κ3) is 2.35. The summed E-state index contributed by atoms with van der Waals surface area (Å²) in [4.78, 5) is 0. The van der Waals surface area contributed by atoms with E-state index in [2.05, 4.69) is 15.5 Å². The van der Waals surface area contributed by atoms with Gasteiger partial charge in [0, 0.05) is 6.07 Å². The highest BCUT2D eigenvalue weighted by Gasteiger charge is 2.05. The fraction of sp³-hybridized carbons (Fsp3) is 0. The van der Waals surface area contributed by atoms with E-state index in [1.54, 1.807) is 12.1 Å². The molecule has 0 aliphatic carbocycles. The maximum atomic E-state index is 5.86. The Morgan fingerprint density at radius 1 is 1.06 bits per heavy atom. The first kappa shape index (κ1) is 11.0. The number of para-hydroxylation sites is 2. The molecule has 0 atom stereocenters. The summed E-state index contributed by atoms with van der Waals surface area (Å²) in [5, 5.41) is 10.8. The summed E-state index contributed by atoms with van der Waals surface area (Å²) in [6, 6.07) is 8.92. The van der Waals surface area contributed by atoms with E-state index >= 15 is 0 Å². The Hall–Kier alpha value is -1.52. The molecule has 0 amide bonds. The van der Waals surface area contributed by atoms with Crippen molar-refractivity contribution in [3.05, 3.63) is 40.6 Å². The second-order valence-electron chi connectivity index (χ2n) is 3.08. The Bertz CT molecular complexity index is 516. The average Bonchev–Trinajstić information content (AvgIpc) is 2.27. The van der Waals surface area contributed by atoms with Gasteiger partial charge in [-0.2, -0.15) is 0 Å². The van der Waals surface area contributed by atoms with E-state index in [0.717, 1.165) is 5.69 Å². The molecule has 16 heavy (non-hydrogen) atoms. The van der Waals surface area contributed by atoms with Crippen LogP contribution in [0.15, 0.2) is 30.3 Å². The molecule has 1 aromatic carbocycles. The number of nitrogens with zero attached hydrogens (tertiary/aromatic N) is 2. The number of nitrogens with two attached hydrogens (primary N) is 1. The molecular formula is C10H8Cl2N4. The van der Waals surface area contributed by atoms with Gasteiger partial charge in [0.15, 0.2) is 10.3 Å². The fourth-order valence-corrected chi connectivity index (χ4v) is 1.48. The Balaban J connectivity index is 2.34. The van der Waals surface area contributed by atoms with Crippen LogP contribution >= 0.6 is 23.2 Å². The monoisotopic (exact) mass is 254 g/mol. The van der Waals surface area contributed by atoms with Crippen LogP contribution in [0.3, 0.4) is 0 Å². The van der Waals surface area contributed by atoms with E-state index in [1.165, 1.54) is 0 Å². The number of benzene rings is 1. The van der Waals surface area contributed by atoms with Gasteiger partial charge in [-0.05, 0) is 12.1 Å². The highest BCUT2D eigenvalue weighted by molar-refractivity contribution is 6.33. The Morgan fingerprint density at radius 2 is 1.81 bits per heavy atom. The number of hydrogen-bond acceptors (Lipinski definition) is 4. The highest BCUT2D eigenvalue weighted by Crippen LogP contribution is 2.27. The van der Waals surface area contributed by atoms with Crippen molar-refractivity contribution >= 4 is 40.3 Å². The molecule has 1 aromatic heterocycles. The highest BCUT2D eigenvalue weighted by atomic mass is 35.5. The van der Waals surface area contributed by atoms with Crippen LogP contribution in [-0.2, 0) is 0 Å². The molecule has 1 heterocycles. The maximum Gasteiger partial charge on any atom is 0.175 e. The van der Waals surface area contributed by atoms with Gasteiger partial charge in [-0.1, -0.05) is 35.3 Å². The standard InChI is InChI=1S/C10H8Cl2N4/c11-9-5-8(10(12)16-15-9)14-7-4-2-1-3-6(7)13/h1-5H,13H2,(H,14,15). The first-order chi connectivity index (χ1) is 7.66. The van der Waals surface area contributed by atoms with Gasteiger partial charge in [-0.15, -0.1) is 10.2 Å². The van der Waals surface area contributed by atoms with Crippen molar-refractivity contribution < 1.29 is 0 Å². The molecule has 0 saturated heterocycles. The van der Waals surface area contributed by atoms with Gasteiger partial charge in [0.05, 0.1) is 17.1 Å². The molecule has 0 bridgehead atoms. The first-order valence-electron chi connectivity index (χ1n) is 4.47. The average molecular weight is 255 g/mol. The van der Waals surface area contributed by atoms with Crippen LogP contribution in [0, 0.1) is 0 Å². The van der Waals surface area contributed by atoms with E-state index in [1.807, 2.05) is 18.2 Å². The number of hydrogen-bond donors (Lipinski definition) is 2. The van der Waals surface area contributed by atoms with Gasteiger partial charge >= 0.3 is 0 Å². The lowest BCUT2D eigenvalue weighted by molar-refractivity contribution is 1.03. The molecule has 0 aliphatic heterocycles. The quantitative estimate of drug-likeness (QED) is 0.809. The second kappa shape index (κ2) is 4.55. The molecule has 0 radical (unpaired) electrons. The summed E-state index contributed by atoms with van der Waals surface area (Å²) in [7, 11) is 0. The predicted molar refractivity (Wildman–Crippen MR) is 66.2 cm³/mol. The Kier molecular flexibility index (Phi) is 3.12. The smallest absolute Gasteiger partial charge is 0.175 e. The molecule has 2 rings (SSSR count). The lowest BCUT2D eigenvalue weighted by Gasteiger charge is -2.09. The van der Waals surface area contributed by atoms with Gasteiger partial charge in [-0.25, -0.2) is 0 Å². The predicted octanol–water partition coefficient (Wildman–Crippen LogP) is 3.11.